The van der Waals surface area contributed by atoms with E-state index in [1.165, 1.54) is 4.90 Å². The second kappa shape index (κ2) is 7.16. The van der Waals surface area contributed by atoms with Crippen LogP contribution in [0.2, 0.25) is 0 Å². The first kappa shape index (κ1) is 15.4. The summed E-state index contributed by atoms with van der Waals surface area (Å²) < 4.78 is 7.10. The molecule has 2 unspecified atom stereocenters. The molecule has 20 heavy (non-hydrogen) atoms. The van der Waals surface area contributed by atoms with Gasteiger partial charge in [0.15, 0.2) is 0 Å². The highest BCUT2D eigenvalue weighted by atomic mass is 79.9. The third-order valence-corrected chi connectivity index (χ3v) is 4.27. The zero-order valence-electron chi connectivity index (χ0n) is 11.5. The zero-order valence-corrected chi connectivity index (χ0v) is 13.9. The molecule has 2 atom stereocenters. The number of rotatable bonds is 5. The van der Waals surface area contributed by atoms with Crippen LogP contribution >= 0.6 is 27.7 Å². The molecule has 2 aromatic rings. The van der Waals surface area contributed by atoms with Gasteiger partial charge < -0.3 is 10.5 Å². The number of halogens is 1. The van der Waals surface area contributed by atoms with Crippen LogP contribution in [-0.4, -0.2) is 12.3 Å². The van der Waals surface area contributed by atoms with Gasteiger partial charge >= 0.3 is 0 Å². The Morgan fingerprint density at radius 2 is 1.65 bits per heavy atom. The fourth-order valence-corrected chi connectivity index (χ4v) is 2.60. The van der Waals surface area contributed by atoms with E-state index >= 15 is 0 Å². The van der Waals surface area contributed by atoms with E-state index < -0.39 is 0 Å². The standard InChI is InChI=1S/C16H18BrNOS/c1-11(18)16(12-3-5-13(17)6-4-12)19-14-7-9-15(20-2)10-8-14/h3-11,16H,18H2,1-2H3. The predicted molar refractivity (Wildman–Crippen MR) is 89.4 cm³/mol. The van der Waals surface area contributed by atoms with Crippen LogP contribution in [0.1, 0.15) is 18.6 Å². The van der Waals surface area contributed by atoms with E-state index in [1.807, 2.05) is 43.3 Å². The second-order valence-electron chi connectivity index (χ2n) is 4.62. The Balaban J connectivity index is 2.18. The fourth-order valence-electron chi connectivity index (χ4n) is 1.93. The van der Waals surface area contributed by atoms with Crippen molar-refractivity contribution in [1.29, 1.82) is 0 Å². The van der Waals surface area contributed by atoms with E-state index in [0.29, 0.717) is 0 Å². The Kier molecular flexibility index (Phi) is 5.52. The molecule has 4 heteroatoms. The van der Waals surface area contributed by atoms with E-state index in [0.717, 1.165) is 15.8 Å². The number of thioether (sulfide) groups is 1. The Morgan fingerprint density at radius 1 is 1.05 bits per heavy atom. The molecular weight excluding hydrogens is 334 g/mol. The number of benzene rings is 2. The summed E-state index contributed by atoms with van der Waals surface area (Å²) in [7, 11) is 0. The normalized spacial score (nSPS) is 13.8. The lowest BCUT2D eigenvalue weighted by Gasteiger charge is -2.23. The van der Waals surface area contributed by atoms with Crippen LogP contribution in [-0.2, 0) is 0 Å². The molecule has 2 nitrogen and oxygen atoms in total. The van der Waals surface area contributed by atoms with Crippen molar-refractivity contribution in [2.75, 3.05) is 6.26 Å². The third-order valence-electron chi connectivity index (χ3n) is 3.00. The van der Waals surface area contributed by atoms with E-state index in [9.17, 15) is 0 Å². The molecule has 0 saturated carbocycles. The van der Waals surface area contributed by atoms with Crippen LogP contribution < -0.4 is 10.5 Å². The Hall–Kier alpha value is -0.970. The summed E-state index contributed by atoms with van der Waals surface area (Å²) >= 11 is 5.16. The lowest BCUT2D eigenvalue weighted by atomic mass is 10.0. The fraction of sp³-hybridized carbons (Fsp3) is 0.250. The Morgan fingerprint density at radius 3 is 2.15 bits per heavy atom. The van der Waals surface area contributed by atoms with Gasteiger partial charge in [-0.15, -0.1) is 11.8 Å². The van der Waals surface area contributed by atoms with Gasteiger partial charge in [0.2, 0.25) is 0 Å². The lowest BCUT2D eigenvalue weighted by molar-refractivity contribution is 0.180. The number of nitrogens with two attached hydrogens (primary N) is 1. The summed E-state index contributed by atoms with van der Waals surface area (Å²) in [6.45, 7) is 1.96. The van der Waals surface area contributed by atoms with Gasteiger partial charge in [-0.25, -0.2) is 0 Å². The van der Waals surface area contributed by atoms with Crippen molar-refractivity contribution in [2.24, 2.45) is 5.73 Å². The SMILES string of the molecule is CSc1ccc(OC(c2ccc(Br)cc2)C(C)N)cc1. The van der Waals surface area contributed by atoms with Crippen molar-refractivity contribution in [2.45, 2.75) is 24.0 Å². The number of ether oxygens (including phenoxy) is 1. The molecule has 0 aliphatic heterocycles. The molecule has 106 valence electrons. The summed E-state index contributed by atoms with van der Waals surface area (Å²) in [6, 6.07) is 16.1. The average molecular weight is 352 g/mol. The first-order chi connectivity index (χ1) is 9.60. The van der Waals surface area contributed by atoms with Crippen molar-refractivity contribution in [3.8, 4) is 5.75 Å². The molecule has 0 amide bonds. The highest BCUT2D eigenvalue weighted by molar-refractivity contribution is 9.10. The minimum absolute atomic E-state index is 0.0867. The van der Waals surface area contributed by atoms with Gasteiger partial charge in [-0.2, -0.15) is 0 Å². The molecule has 0 heterocycles. The quantitative estimate of drug-likeness (QED) is 0.797. The highest BCUT2D eigenvalue weighted by Gasteiger charge is 2.18. The first-order valence-electron chi connectivity index (χ1n) is 6.42. The van der Waals surface area contributed by atoms with Crippen LogP contribution in [0.5, 0.6) is 5.75 Å². The van der Waals surface area contributed by atoms with Crippen molar-refractivity contribution < 1.29 is 4.74 Å². The summed E-state index contributed by atoms with van der Waals surface area (Å²) in [4.78, 5) is 1.22. The van der Waals surface area contributed by atoms with Gasteiger partial charge in [0.25, 0.3) is 0 Å². The molecule has 2 N–H and O–H groups in total. The minimum Gasteiger partial charge on any atom is -0.484 e. The van der Waals surface area contributed by atoms with Crippen LogP contribution in [0.25, 0.3) is 0 Å². The van der Waals surface area contributed by atoms with Gasteiger partial charge in [0.1, 0.15) is 11.9 Å². The summed E-state index contributed by atoms with van der Waals surface area (Å²) in [5, 5.41) is 0. The molecule has 0 aliphatic rings. The molecule has 0 aliphatic carbocycles. The smallest absolute Gasteiger partial charge is 0.138 e. The number of hydrogen-bond donors (Lipinski definition) is 1. The van der Waals surface area contributed by atoms with Gasteiger partial charge in [-0.05, 0) is 55.1 Å². The maximum Gasteiger partial charge on any atom is 0.138 e. The van der Waals surface area contributed by atoms with Gasteiger partial charge in [-0.3, -0.25) is 0 Å². The maximum atomic E-state index is 6.07. The maximum absolute atomic E-state index is 6.07. The Labute approximate surface area is 132 Å². The summed E-state index contributed by atoms with van der Waals surface area (Å²) in [5.41, 5.74) is 7.15. The average Bonchev–Trinajstić information content (AvgIpc) is 2.46. The van der Waals surface area contributed by atoms with E-state index in [2.05, 4.69) is 34.3 Å². The Bertz CT molecular complexity index is 539. The van der Waals surface area contributed by atoms with Crippen molar-refractivity contribution in [3.63, 3.8) is 0 Å². The van der Waals surface area contributed by atoms with E-state index in [-0.39, 0.29) is 12.1 Å². The van der Waals surface area contributed by atoms with Crippen molar-refractivity contribution in [3.05, 3.63) is 58.6 Å². The summed E-state index contributed by atoms with van der Waals surface area (Å²) in [5.74, 6) is 0.841. The molecule has 0 bridgehead atoms. The largest absolute Gasteiger partial charge is 0.484 e. The van der Waals surface area contributed by atoms with Gasteiger partial charge in [0.05, 0.1) is 0 Å². The van der Waals surface area contributed by atoms with Gasteiger partial charge in [0, 0.05) is 15.4 Å². The van der Waals surface area contributed by atoms with Crippen LogP contribution in [0.4, 0.5) is 0 Å². The second-order valence-corrected chi connectivity index (χ2v) is 6.42. The lowest BCUT2D eigenvalue weighted by Crippen LogP contribution is -2.29. The van der Waals surface area contributed by atoms with Gasteiger partial charge in [-0.1, -0.05) is 28.1 Å². The molecule has 0 fully saturated rings. The van der Waals surface area contributed by atoms with E-state index in [4.69, 9.17) is 10.5 Å². The summed E-state index contributed by atoms with van der Waals surface area (Å²) in [6.07, 6.45) is 1.91. The van der Waals surface area contributed by atoms with E-state index in [1.54, 1.807) is 11.8 Å². The predicted octanol–water partition coefficient (Wildman–Crippen LogP) is 4.64. The van der Waals surface area contributed by atoms with Crippen molar-refractivity contribution >= 4 is 27.7 Å². The van der Waals surface area contributed by atoms with Crippen LogP contribution in [0.15, 0.2) is 57.9 Å². The molecule has 0 radical (unpaired) electrons. The molecule has 2 rings (SSSR count). The molecule has 2 aromatic carbocycles. The molecule has 0 aromatic heterocycles. The monoisotopic (exact) mass is 351 g/mol. The third kappa shape index (κ3) is 4.01. The van der Waals surface area contributed by atoms with Crippen LogP contribution in [0.3, 0.4) is 0 Å². The first-order valence-corrected chi connectivity index (χ1v) is 8.43. The highest BCUT2D eigenvalue weighted by Crippen LogP contribution is 2.27. The minimum atomic E-state index is -0.150. The molecule has 0 spiro atoms. The molecular formula is C16H18BrNOS. The van der Waals surface area contributed by atoms with Crippen LogP contribution in [0, 0.1) is 0 Å². The van der Waals surface area contributed by atoms with Crippen molar-refractivity contribution in [1.82, 2.24) is 0 Å². The zero-order chi connectivity index (χ0) is 14.5. The number of hydrogen-bond acceptors (Lipinski definition) is 3. The topological polar surface area (TPSA) is 35.2 Å². The molecule has 0 saturated heterocycles.